The molecule has 2 amide bonds. The van der Waals surface area contributed by atoms with Crippen molar-refractivity contribution in [1.82, 2.24) is 0 Å². The topological polar surface area (TPSA) is 49.4 Å². The molecule has 2 aromatic carbocycles. The van der Waals surface area contributed by atoms with E-state index in [0.717, 1.165) is 33.7 Å². The largest absolute Gasteiger partial charge is 0.350 e. The molecule has 0 unspecified atom stereocenters. The molecule has 0 aromatic heterocycles. The van der Waals surface area contributed by atoms with Gasteiger partial charge >= 0.3 is 0 Å². The first-order valence-corrected chi connectivity index (χ1v) is 8.51. The summed E-state index contributed by atoms with van der Waals surface area (Å²) >= 11 is 6.16. The van der Waals surface area contributed by atoms with Crippen LogP contribution in [0.1, 0.15) is 23.6 Å². The Labute approximate surface area is 152 Å². The van der Waals surface area contributed by atoms with Gasteiger partial charge in [-0.25, -0.2) is 4.90 Å². The second-order valence-electron chi connectivity index (χ2n) is 6.16. The smallest absolute Gasteiger partial charge is 0.283 e. The number of nitrogens with one attached hydrogen (secondary N) is 1. The summed E-state index contributed by atoms with van der Waals surface area (Å²) in [6.07, 6.45) is 0.890. The van der Waals surface area contributed by atoms with Crippen LogP contribution in [-0.2, 0) is 16.0 Å². The SMILES string of the molecule is CCc1ccc(N2C(=O)C(Cl)=C(Nc3cc(C)cc(C)c3)C2=O)cc1. The number of aryl methyl sites for hydroxylation is 3. The molecule has 0 saturated heterocycles. The summed E-state index contributed by atoms with van der Waals surface area (Å²) in [5, 5.41) is 2.92. The van der Waals surface area contributed by atoms with Crippen molar-refractivity contribution in [1.29, 1.82) is 0 Å². The Bertz CT molecular complexity index is 865. The highest BCUT2D eigenvalue weighted by Crippen LogP contribution is 2.30. The predicted octanol–water partition coefficient (Wildman–Crippen LogP) is 4.30. The van der Waals surface area contributed by atoms with E-state index < -0.39 is 11.8 Å². The average molecular weight is 355 g/mol. The quantitative estimate of drug-likeness (QED) is 0.833. The van der Waals surface area contributed by atoms with Crippen LogP contribution in [0.2, 0.25) is 0 Å². The fraction of sp³-hybridized carbons (Fsp3) is 0.200. The number of benzene rings is 2. The number of carbonyl (C=O) groups is 2. The molecule has 4 nitrogen and oxygen atoms in total. The van der Waals surface area contributed by atoms with E-state index in [0.29, 0.717) is 5.69 Å². The summed E-state index contributed by atoms with van der Waals surface area (Å²) in [6, 6.07) is 13.2. The maximum absolute atomic E-state index is 12.8. The van der Waals surface area contributed by atoms with Crippen LogP contribution < -0.4 is 10.2 Å². The number of nitrogens with zero attached hydrogens (tertiary/aromatic N) is 1. The minimum atomic E-state index is -0.511. The lowest BCUT2D eigenvalue weighted by atomic mass is 10.1. The van der Waals surface area contributed by atoms with Gasteiger partial charge in [-0.2, -0.15) is 0 Å². The molecule has 25 heavy (non-hydrogen) atoms. The van der Waals surface area contributed by atoms with Crippen LogP contribution in [0.3, 0.4) is 0 Å². The highest BCUT2D eigenvalue weighted by molar-refractivity contribution is 6.53. The molecule has 0 saturated carbocycles. The van der Waals surface area contributed by atoms with Gasteiger partial charge in [0.1, 0.15) is 10.7 Å². The van der Waals surface area contributed by atoms with Crippen molar-refractivity contribution in [2.75, 3.05) is 10.2 Å². The fourth-order valence-corrected chi connectivity index (χ4v) is 3.13. The standard InChI is InChI=1S/C20H19ClN2O2/c1-4-14-5-7-16(8-6-14)23-19(24)17(21)18(20(23)25)22-15-10-12(2)9-13(3)11-15/h5-11,22H,4H2,1-3H3. The number of amides is 2. The van der Waals surface area contributed by atoms with Crippen LogP contribution in [0.25, 0.3) is 0 Å². The lowest BCUT2D eigenvalue weighted by Crippen LogP contribution is -2.32. The Balaban J connectivity index is 1.90. The summed E-state index contributed by atoms with van der Waals surface area (Å²) in [7, 11) is 0. The van der Waals surface area contributed by atoms with Crippen LogP contribution in [0.5, 0.6) is 0 Å². The first-order chi connectivity index (χ1) is 11.9. The number of hydrogen-bond donors (Lipinski definition) is 1. The van der Waals surface area contributed by atoms with Crippen molar-refractivity contribution in [2.45, 2.75) is 27.2 Å². The maximum Gasteiger partial charge on any atom is 0.283 e. The zero-order chi connectivity index (χ0) is 18.1. The van der Waals surface area contributed by atoms with Crippen LogP contribution in [0.15, 0.2) is 53.2 Å². The minimum Gasteiger partial charge on any atom is -0.350 e. The maximum atomic E-state index is 12.8. The van der Waals surface area contributed by atoms with Crippen molar-refractivity contribution < 1.29 is 9.59 Å². The van der Waals surface area contributed by atoms with E-state index in [4.69, 9.17) is 11.6 Å². The lowest BCUT2D eigenvalue weighted by molar-refractivity contribution is -0.120. The zero-order valence-electron chi connectivity index (χ0n) is 14.4. The van der Waals surface area contributed by atoms with Gasteiger partial charge in [0.15, 0.2) is 0 Å². The molecule has 0 fully saturated rings. The Morgan fingerprint density at radius 3 is 2.12 bits per heavy atom. The number of anilines is 2. The van der Waals surface area contributed by atoms with Crippen LogP contribution in [-0.4, -0.2) is 11.8 Å². The van der Waals surface area contributed by atoms with Crippen LogP contribution in [0.4, 0.5) is 11.4 Å². The predicted molar refractivity (Wildman–Crippen MR) is 101 cm³/mol. The van der Waals surface area contributed by atoms with Gasteiger partial charge in [-0.05, 0) is 61.2 Å². The van der Waals surface area contributed by atoms with Crippen molar-refractivity contribution in [3.63, 3.8) is 0 Å². The molecule has 0 aliphatic carbocycles. The molecular weight excluding hydrogens is 336 g/mol. The van der Waals surface area contributed by atoms with Crippen molar-refractivity contribution in [3.05, 3.63) is 69.9 Å². The third kappa shape index (κ3) is 3.30. The Morgan fingerprint density at radius 1 is 0.960 bits per heavy atom. The molecule has 3 rings (SSSR count). The molecule has 5 heteroatoms. The summed E-state index contributed by atoms with van der Waals surface area (Å²) in [6.45, 7) is 5.99. The highest BCUT2D eigenvalue weighted by atomic mass is 35.5. The number of carbonyl (C=O) groups excluding carboxylic acids is 2. The first kappa shape index (κ1) is 17.2. The van der Waals surface area contributed by atoms with Gasteiger partial charge in [0.05, 0.1) is 5.69 Å². The molecule has 0 atom stereocenters. The summed E-state index contributed by atoms with van der Waals surface area (Å²) in [5.74, 6) is -0.957. The molecule has 1 N–H and O–H groups in total. The van der Waals surface area contributed by atoms with E-state index in [1.807, 2.05) is 51.1 Å². The number of imide groups is 1. The molecular formula is C20H19ClN2O2. The van der Waals surface area contributed by atoms with Gasteiger partial charge < -0.3 is 5.32 Å². The average Bonchev–Trinajstić information content (AvgIpc) is 2.78. The van der Waals surface area contributed by atoms with Gasteiger partial charge in [-0.3, -0.25) is 9.59 Å². The molecule has 128 valence electrons. The van der Waals surface area contributed by atoms with E-state index in [1.165, 1.54) is 0 Å². The third-order valence-electron chi connectivity index (χ3n) is 4.12. The minimum absolute atomic E-state index is 0.0938. The number of rotatable bonds is 4. The Kier molecular flexibility index (Phi) is 4.64. The molecule has 0 radical (unpaired) electrons. The summed E-state index contributed by atoms with van der Waals surface area (Å²) in [5.41, 5.74) is 4.61. The van der Waals surface area contributed by atoms with Gasteiger partial charge in [0, 0.05) is 5.69 Å². The van der Waals surface area contributed by atoms with Gasteiger partial charge in [-0.1, -0.05) is 36.7 Å². The number of hydrogen-bond acceptors (Lipinski definition) is 3. The van der Waals surface area contributed by atoms with E-state index in [-0.39, 0.29) is 10.7 Å². The summed E-state index contributed by atoms with van der Waals surface area (Å²) < 4.78 is 0. The fourth-order valence-electron chi connectivity index (χ4n) is 2.92. The Hall–Kier alpha value is -2.59. The molecule has 0 spiro atoms. The van der Waals surface area contributed by atoms with Crippen LogP contribution >= 0.6 is 11.6 Å². The third-order valence-corrected chi connectivity index (χ3v) is 4.47. The number of halogens is 1. The van der Waals surface area contributed by atoms with Crippen molar-refractivity contribution in [2.24, 2.45) is 0 Å². The van der Waals surface area contributed by atoms with E-state index in [9.17, 15) is 9.59 Å². The van der Waals surface area contributed by atoms with Gasteiger partial charge in [0.25, 0.3) is 11.8 Å². The molecule has 0 bridgehead atoms. The zero-order valence-corrected chi connectivity index (χ0v) is 15.1. The second kappa shape index (κ2) is 6.73. The molecule has 1 aliphatic heterocycles. The Morgan fingerprint density at radius 2 is 1.56 bits per heavy atom. The van der Waals surface area contributed by atoms with Gasteiger partial charge in [-0.15, -0.1) is 0 Å². The van der Waals surface area contributed by atoms with Crippen molar-refractivity contribution >= 4 is 34.8 Å². The molecule has 1 aliphatic rings. The molecule has 2 aromatic rings. The van der Waals surface area contributed by atoms with Gasteiger partial charge in [0.2, 0.25) is 0 Å². The molecule has 1 heterocycles. The normalized spacial score (nSPS) is 14.5. The highest BCUT2D eigenvalue weighted by Gasteiger charge is 2.38. The summed E-state index contributed by atoms with van der Waals surface area (Å²) in [4.78, 5) is 26.3. The van der Waals surface area contributed by atoms with E-state index >= 15 is 0 Å². The van der Waals surface area contributed by atoms with Crippen LogP contribution in [0, 0.1) is 13.8 Å². The van der Waals surface area contributed by atoms with Crippen molar-refractivity contribution in [3.8, 4) is 0 Å². The lowest BCUT2D eigenvalue weighted by Gasteiger charge is -2.15. The first-order valence-electron chi connectivity index (χ1n) is 8.13. The van der Waals surface area contributed by atoms with E-state index in [1.54, 1.807) is 12.1 Å². The second-order valence-corrected chi connectivity index (χ2v) is 6.53. The van der Waals surface area contributed by atoms with E-state index in [2.05, 4.69) is 5.32 Å². The monoisotopic (exact) mass is 354 g/mol.